The molecule has 0 bridgehead atoms. The third-order valence-corrected chi connectivity index (χ3v) is 3.15. The highest BCUT2D eigenvalue weighted by Crippen LogP contribution is 2.29. The molecular formula is C16H11F2NO3. The fourth-order valence-corrected chi connectivity index (χ4v) is 2.10. The molecule has 4 nitrogen and oxygen atoms in total. The SMILES string of the molecule is COc1cccc2cc(C(=O)Nc3c(F)cccc3F)oc12. The zero-order valence-corrected chi connectivity index (χ0v) is 11.5. The van der Waals surface area contributed by atoms with Gasteiger partial charge in [-0.05, 0) is 24.3 Å². The molecule has 22 heavy (non-hydrogen) atoms. The van der Waals surface area contributed by atoms with E-state index >= 15 is 0 Å². The van der Waals surface area contributed by atoms with Crippen LogP contribution in [0.4, 0.5) is 14.5 Å². The van der Waals surface area contributed by atoms with Crippen molar-refractivity contribution >= 4 is 22.6 Å². The fourth-order valence-electron chi connectivity index (χ4n) is 2.10. The zero-order chi connectivity index (χ0) is 15.7. The summed E-state index contributed by atoms with van der Waals surface area (Å²) in [5.41, 5.74) is -0.121. The Morgan fingerprint density at radius 3 is 2.50 bits per heavy atom. The average molecular weight is 303 g/mol. The number of methoxy groups -OCH3 is 1. The number of halogens is 2. The van der Waals surface area contributed by atoms with E-state index in [0.29, 0.717) is 16.7 Å². The first-order valence-electron chi connectivity index (χ1n) is 6.42. The lowest BCUT2D eigenvalue weighted by atomic mass is 10.2. The van der Waals surface area contributed by atoms with Crippen LogP contribution in [0.1, 0.15) is 10.6 Å². The highest BCUT2D eigenvalue weighted by molar-refractivity contribution is 6.05. The van der Waals surface area contributed by atoms with Crippen LogP contribution in [-0.2, 0) is 0 Å². The van der Waals surface area contributed by atoms with Crippen LogP contribution >= 0.6 is 0 Å². The highest BCUT2D eigenvalue weighted by atomic mass is 19.1. The second-order valence-corrected chi connectivity index (χ2v) is 4.54. The molecule has 0 aliphatic heterocycles. The Labute approximate surface area is 124 Å². The summed E-state index contributed by atoms with van der Waals surface area (Å²) >= 11 is 0. The smallest absolute Gasteiger partial charge is 0.291 e. The molecule has 0 saturated carbocycles. The van der Waals surface area contributed by atoms with Gasteiger partial charge in [0.1, 0.15) is 17.3 Å². The first-order chi connectivity index (χ1) is 10.6. The monoisotopic (exact) mass is 303 g/mol. The molecule has 3 rings (SSSR count). The number of ether oxygens (including phenoxy) is 1. The van der Waals surface area contributed by atoms with E-state index < -0.39 is 23.2 Å². The van der Waals surface area contributed by atoms with Crippen molar-refractivity contribution < 1.29 is 22.7 Å². The Hall–Kier alpha value is -2.89. The molecule has 0 radical (unpaired) electrons. The molecule has 0 aliphatic carbocycles. The summed E-state index contributed by atoms with van der Waals surface area (Å²) in [7, 11) is 1.48. The minimum absolute atomic E-state index is 0.0675. The summed E-state index contributed by atoms with van der Waals surface area (Å²) in [6.07, 6.45) is 0. The second-order valence-electron chi connectivity index (χ2n) is 4.54. The molecule has 0 saturated heterocycles. The minimum Gasteiger partial charge on any atom is -0.493 e. The van der Waals surface area contributed by atoms with E-state index in [1.165, 1.54) is 19.2 Å². The number of rotatable bonds is 3. The average Bonchev–Trinajstić information content (AvgIpc) is 2.95. The third kappa shape index (κ3) is 2.39. The van der Waals surface area contributed by atoms with Crippen LogP contribution in [0.3, 0.4) is 0 Å². The van der Waals surface area contributed by atoms with Gasteiger partial charge in [0.25, 0.3) is 5.91 Å². The van der Waals surface area contributed by atoms with Crippen molar-refractivity contribution in [2.75, 3.05) is 12.4 Å². The number of hydrogen-bond acceptors (Lipinski definition) is 3. The van der Waals surface area contributed by atoms with Crippen LogP contribution in [0, 0.1) is 11.6 Å². The summed E-state index contributed by atoms with van der Waals surface area (Å²) in [4.78, 5) is 12.1. The number of carbonyl (C=O) groups excluding carboxylic acids is 1. The van der Waals surface area contributed by atoms with Gasteiger partial charge in [0.15, 0.2) is 17.1 Å². The van der Waals surface area contributed by atoms with Crippen LogP contribution in [0.2, 0.25) is 0 Å². The van der Waals surface area contributed by atoms with Gasteiger partial charge in [-0.2, -0.15) is 0 Å². The van der Waals surface area contributed by atoms with Gasteiger partial charge in [0, 0.05) is 5.39 Å². The van der Waals surface area contributed by atoms with E-state index in [2.05, 4.69) is 5.32 Å². The van der Waals surface area contributed by atoms with Crippen LogP contribution in [0.25, 0.3) is 11.0 Å². The van der Waals surface area contributed by atoms with Gasteiger partial charge in [-0.1, -0.05) is 18.2 Å². The van der Waals surface area contributed by atoms with Gasteiger partial charge < -0.3 is 14.5 Å². The molecule has 0 fully saturated rings. The van der Waals surface area contributed by atoms with Crippen molar-refractivity contribution in [3.63, 3.8) is 0 Å². The number of carbonyl (C=O) groups is 1. The molecule has 2 aromatic carbocycles. The predicted octanol–water partition coefficient (Wildman–Crippen LogP) is 3.97. The summed E-state index contributed by atoms with van der Waals surface area (Å²) in [6, 6.07) is 9.97. The van der Waals surface area contributed by atoms with E-state index in [-0.39, 0.29) is 5.76 Å². The maximum atomic E-state index is 13.5. The fraction of sp³-hybridized carbons (Fsp3) is 0.0625. The Kier molecular flexibility index (Phi) is 3.50. The first kappa shape index (κ1) is 14.1. The third-order valence-electron chi connectivity index (χ3n) is 3.15. The topological polar surface area (TPSA) is 51.5 Å². The molecule has 1 heterocycles. The molecule has 6 heteroatoms. The molecule has 0 aliphatic rings. The molecule has 1 aromatic heterocycles. The molecule has 112 valence electrons. The normalized spacial score (nSPS) is 10.7. The number of hydrogen-bond donors (Lipinski definition) is 1. The van der Waals surface area contributed by atoms with Gasteiger partial charge in [0.05, 0.1) is 7.11 Å². The maximum absolute atomic E-state index is 13.5. The van der Waals surface area contributed by atoms with E-state index in [9.17, 15) is 13.6 Å². The number of amides is 1. The maximum Gasteiger partial charge on any atom is 0.291 e. The molecular weight excluding hydrogens is 292 g/mol. The van der Waals surface area contributed by atoms with Gasteiger partial charge in [-0.15, -0.1) is 0 Å². The largest absolute Gasteiger partial charge is 0.493 e. The van der Waals surface area contributed by atoms with E-state index in [0.717, 1.165) is 12.1 Å². The van der Waals surface area contributed by atoms with E-state index in [1.807, 2.05) is 0 Å². The van der Waals surface area contributed by atoms with Crippen molar-refractivity contribution in [2.45, 2.75) is 0 Å². The number of benzene rings is 2. The zero-order valence-electron chi connectivity index (χ0n) is 11.5. The van der Waals surface area contributed by atoms with Crippen LogP contribution in [0.15, 0.2) is 46.9 Å². The van der Waals surface area contributed by atoms with Gasteiger partial charge in [0.2, 0.25) is 0 Å². The van der Waals surface area contributed by atoms with Crippen molar-refractivity contribution in [1.82, 2.24) is 0 Å². The quantitative estimate of drug-likeness (QED) is 0.796. The Morgan fingerprint density at radius 2 is 1.82 bits per heavy atom. The van der Waals surface area contributed by atoms with Crippen LogP contribution in [0.5, 0.6) is 5.75 Å². The molecule has 3 aromatic rings. The van der Waals surface area contributed by atoms with E-state index in [4.69, 9.17) is 9.15 Å². The lowest BCUT2D eigenvalue weighted by Gasteiger charge is -2.05. The molecule has 0 unspecified atom stereocenters. The summed E-state index contributed by atoms with van der Waals surface area (Å²) < 4.78 is 37.6. The number of nitrogens with one attached hydrogen (secondary N) is 1. The van der Waals surface area contributed by atoms with Crippen molar-refractivity contribution in [3.05, 3.63) is 59.9 Å². The Morgan fingerprint density at radius 1 is 1.14 bits per heavy atom. The predicted molar refractivity (Wildman–Crippen MR) is 77.1 cm³/mol. The summed E-state index contributed by atoms with van der Waals surface area (Å²) in [5, 5.41) is 2.82. The van der Waals surface area contributed by atoms with Gasteiger partial charge >= 0.3 is 0 Å². The van der Waals surface area contributed by atoms with Gasteiger partial charge in [-0.3, -0.25) is 4.79 Å². The number of fused-ring (bicyclic) bond motifs is 1. The second kappa shape index (κ2) is 5.48. The molecule has 1 amide bonds. The van der Waals surface area contributed by atoms with Crippen molar-refractivity contribution in [3.8, 4) is 5.75 Å². The Bertz CT molecular complexity index is 837. The number of para-hydroxylation sites is 2. The van der Waals surface area contributed by atoms with Crippen molar-refractivity contribution in [1.29, 1.82) is 0 Å². The van der Waals surface area contributed by atoms with E-state index in [1.54, 1.807) is 18.2 Å². The summed E-state index contributed by atoms with van der Waals surface area (Å²) in [6.45, 7) is 0. The van der Waals surface area contributed by atoms with Gasteiger partial charge in [-0.25, -0.2) is 8.78 Å². The lowest BCUT2D eigenvalue weighted by molar-refractivity contribution is 0.0997. The number of furan rings is 1. The molecule has 1 N–H and O–H groups in total. The van der Waals surface area contributed by atoms with Crippen LogP contribution in [-0.4, -0.2) is 13.0 Å². The van der Waals surface area contributed by atoms with Crippen molar-refractivity contribution in [2.24, 2.45) is 0 Å². The lowest BCUT2D eigenvalue weighted by Crippen LogP contribution is -2.13. The highest BCUT2D eigenvalue weighted by Gasteiger charge is 2.18. The standard InChI is InChI=1S/C16H11F2NO3/c1-21-12-7-2-4-9-8-13(22-15(9)12)16(20)19-14-10(17)5-3-6-11(14)18/h2-8H,1H3,(H,19,20). The Balaban J connectivity index is 1.96. The first-order valence-corrected chi connectivity index (χ1v) is 6.42. The molecule has 0 spiro atoms. The summed E-state index contributed by atoms with van der Waals surface area (Å²) in [5.74, 6) is -2.07. The number of anilines is 1. The molecule has 0 atom stereocenters. The van der Waals surface area contributed by atoms with Crippen LogP contribution < -0.4 is 10.1 Å². The minimum atomic E-state index is -0.859.